The van der Waals surface area contributed by atoms with Crippen LogP contribution in [0.25, 0.3) is 0 Å². The molecule has 4 nitrogen and oxygen atoms in total. The van der Waals surface area contributed by atoms with Gasteiger partial charge in [0.15, 0.2) is 23.2 Å². The molecule has 0 fully saturated rings. The van der Waals surface area contributed by atoms with Gasteiger partial charge < -0.3 is 14.6 Å². The molecule has 3 aromatic carbocycles. The lowest BCUT2D eigenvalue weighted by Gasteiger charge is -2.32. The van der Waals surface area contributed by atoms with Gasteiger partial charge in [0.05, 0.1) is 0 Å². The maximum atomic E-state index is 13.2. The molecule has 1 N–H and O–H groups in total. The number of ketones is 1. The standard InChI is InChI=1S/C22H18O4/c23-20(16-9-3-1-4-10-16)21-22(24,17-11-5-2-6-12-17)15-25-18-13-7-8-14-19(18)26-21/h1-14,21,24H,15H2. The molecule has 0 spiro atoms. The third-order valence-electron chi connectivity index (χ3n) is 4.55. The molecule has 26 heavy (non-hydrogen) atoms. The first-order valence-corrected chi connectivity index (χ1v) is 8.44. The second-order valence-electron chi connectivity index (χ2n) is 6.25. The van der Waals surface area contributed by atoms with E-state index >= 15 is 0 Å². The fraction of sp³-hybridized carbons (Fsp3) is 0.136. The van der Waals surface area contributed by atoms with Gasteiger partial charge in [0.1, 0.15) is 6.61 Å². The van der Waals surface area contributed by atoms with E-state index in [0.29, 0.717) is 22.6 Å². The zero-order valence-corrected chi connectivity index (χ0v) is 14.0. The summed E-state index contributed by atoms with van der Waals surface area (Å²) in [6.45, 7) is -0.0860. The minimum atomic E-state index is -1.62. The highest BCUT2D eigenvalue weighted by molar-refractivity contribution is 6.00. The molecular weight excluding hydrogens is 328 g/mol. The minimum Gasteiger partial charge on any atom is -0.486 e. The van der Waals surface area contributed by atoms with Gasteiger partial charge in [0.25, 0.3) is 0 Å². The second kappa shape index (κ2) is 6.65. The van der Waals surface area contributed by atoms with Crippen molar-refractivity contribution in [3.63, 3.8) is 0 Å². The highest BCUT2D eigenvalue weighted by atomic mass is 16.6. The van der Waals surface area contributed by atoms with Crippen LogP contribution in [-0.2, 0) is 5.60 Å². The molecule has 4 rings (SSSR count). The zero-order valence-electron chi connectivity index (χ0n) is 14.0. The third kappa shape index (κ3) is 2.85. The van der Waals surface area contributed by atoms with Gasteiger partial charge in [-0.2, -0.15) is 0 Å². The molecule has 2 unspecified atom stereocenters. The van der Waals surface area contributed by atoms with Gasteiger partial charge in [-0.15, -0.1) is 0 Å². The van der Waals surface area contributed by atoms with Crippen LogP contribution in [0.3, 0.4) is 0 Å². The van der Waals surface area contributed by atoms with Crippen molar-refractivity contribution in [3.8, 4) is 11.5 Å². The predicted octanol–water partition coefficient (Wildman–Crippen LogP) is 3.60. The number of carbonyl (C=O) groups is 1. The predicted molar refractivity (Wildman–Crippen MR) is 97.5 cm³/mol. The van der Waals surface area contributed by atoms with Crippen molar-refractivity contribution in [2.75, 3.05) is 6.61 Å². The first kappa shape index (κ1) is 16.4. The molecule has 1 aliphatic heterocycles. The summed E-state index contributed by atoms with van der Waals surface area (Å²) in [6.07, 6.45) is -1.13. The fourth-order valence-corrected chi connectivity index (χ4v) is 3.14. The molecule has 1 aliphatic rings. The molecule has 130 valence electrons. The molecular formula is C22H18O4. The maximum absolute atomic E-state index is 13.2. The molecule has 0 aliphatic carbocycles. The quantitative estimate of drug-likeness (QED) is 0.736. The van der Waals surface area contributed by atoms with E-state index in [-0.39, 0.29) is 12.4 Å². The Morgan fingerprint density at radius 2 is 1.42 bits per heavy atom. The fourth-order valence-electron chi connectivity index (χ4n) is 3.14. The van der Waals surface area contributed by atoms with Crippen molar-refractivity contribution in [2.45, 2.75) is 11.7 Å². The van der Waals surface area contributed by atoms with Crippen LogP contribution in [0.2, 0.25) is 0 Å². The van der Waals surface area contributed by atoms with E-state index in [1.807, 2.05) is 30.3 Å². The number of rotatable bonds is 3. The Labute approximate surface area is 151 Å². The zero-order chi connectivity index (χ0) is 18.0. The Hall–Kier alpha value is -3.11. The molecule has 1 heterocycles. The topological polar surface area (TPSA) is 55.8 Å². The minimum absolute atomic E-state index is 0.0860. The van der Waals surface area contributed by atoms with Crippen molar-refractivity contribution >= 4 is 5.78 Å². The number of benzene rings is 3. The lowest BCUT2D eigenvalue weighted by molar-refractivity contribution is -0.0678. The van der Waals surface area contributed by atoms with Gasteiger partial charge in [-0.25, -0.2) is 0 Å². The van der Waals surface area contributed by atoms with E-state index in [4.69, 9.17) is 9.47 Å². The van der Waals surface area contributed by atoms with E-state index < -0.39 is 11.7 Å². The van der Waals surface area contributed by atoms with Crippen molar-refractivity contribution in [1.29, 1.82) is 0 Å². The van der Waals surface area contributed by atoms with E-state index in [9.17, 15) is 9.90 Å². The van der Waals surface area contributed by atoms with Crippen LogP contribution in [0.1, 0.15) is 15.9 Å². The molecule has 3 aromatic rings. The Bertz CT molecular complexity index is 908. The van der Waals surface area contributed by atoms with Crippen molar-refractivity contribution < 1.29 is 19.4 Å². The van der Waals surface area contributed by atoms with Crippen LogP contribution in [0.4, 0.5) is 0 Å². The van der Waals surface area contributed by atoms with Crippen LogP contribution in [-0.4, -0.2) is 23.6 Å². The van der Waals surface area contributed by atoms with Gasteiger partial charge >= 0.3 is 0 Å². The van der Waals surface area contributed by atoms with Crippen LogP contribution < -0.4 is 9.47 Å². The van der Waals surface area contributed by atoms with E-state index in [1.165, 1.54) is 0 Å². The molecule has 4 heteroatoms. The summed E-state index contributed by atoms with van der Waals surface area (Å²) in [5, 5.41) is 11.5. The normalized spacial score (nSPS) is 21.7. The van der Waals surface area contributed by atoms with Crippen LogP contribution >= 0.6 is 0 Å². The third-order valence-corrected chi connectivity index (χ3v) is 4.55. The molecule has 0 radical (unpaired) electrons. The van der Waals surface area contributed by atoms with Crippen molar-refractivity contribution in [2.24, 2.45) is 0 Å². The number of aliphatic hydroxyl groups is 1. The van der Waals surface area contributed by atoms with E-state index in [2.05, 4.69) is 0 Å². The van der Waals surface area contributed by atoms with Crippen LogP contribution in [0, 0.1) is 0 Å². The highest BCUT2D eigenvalue weighted by Gasteiger charge is 2.48. The molecule has 0 saturated heterocycles. The SMILES string of the molecule is O=C(c1ccccc1)C1Oc2ccccc2OCC1(O)c1ccccc1. The first-order valence-electron chi connectivity index (χ1n) is 8.44. The number of para-hydroxylation sites is 2. The van der Waals surface area contributed by atoms with Gasteiger partial charge in [0, 0.05) is 5.56 Å². The van der Waals surface area contributed by atoms with E-state index in [1.54, 1.807) is 54.6 Å². The van der Waals surface area contributed by atoms with E-state index in [0.717, 1.165) is 0 Å². The van der Waals surface area contributed by atoms with Crippen LogP contribution in [0.5, 0.6) is 11.5 Å². The highest BCUT2D eigenvalue weighted by Crippen LogP contribution is 2.38. The van der Waals surface area contributed by atoms with Gasteiger partial charge in [0.2, 0.25) is 5.78 Å². The average molecular weight is 346 g/mol. The van der Waals surface area contributed by atoms with Crippen molar-refractivity contribution in [1.82, 2.24) is 0 Å². The summed E-state index contributed by atoms with van der Waals surface area (Å²) in [5.74, 6) is 0.649. The Morgan fingerprint density at radius 1 is 0.846 bits per heavy atom. The molecule has 0 bridgehead atoms. The number of hydrogen-bond acceptors (Lipinski definition) is 4. The summed E-state index contributed by atoms with van der Waals surface area (Å²) < 4.78 is 11.8. The second-order valence-corrected chi connectivity index (χ2v) is 6.25. The lowest BCUT2D eigenvalue weighted by atomic mass is 9.84. The number of fused-ring (bicyclic) bond motifs is 1. The van der Waals surface area contributed by atoms with Gasteiger partial charge in [-0.3, -0.25) is 4.79 Å². The monoisotopic (exact) mass is 346 g/mol. The molecule has 0 saturated carbocycles. The average Bonchev–Trinajstić information content (AvgIpc) is 2.86. The van der Waals surface area contributed by atoms with Gasteiger partial charge in [-0.1, -0.05) is 72.8 Å². The summed E-state index contributed by atoms with van der Waals surface area (Å²) in [5.41, 5.74) is -0.568. The first-order chi connectivity index (χ1) is 12.7. The van der Waals surface area contributed by atoms with Crippen LogP contribution in [0.15, 0.2) is 84.9 Å². The Balaban J connectivity index is 1.82. The molecule has 0 aromatic heterocycles. The number of Topliss-reactive ketones (excluding diaryl/α,β-unsaturated/α-hetero) is 1. The summed E-state index contributed by atoms with van der Waals surface area (Å²) in [6, 6.07) is 25.0. The number of ether oxygens (including phenoxy) is 2. The maximum Gasteiger partial charge on any atom is 0.206 e. The molecule has 0 amide bonds. The largest absolute Gasteiger partial charge is 0.486 e. The number of hydrogen-bond donors (Lipinski definition) is 1. The van der Waals surface area contributed by atoms with Crippen molar-refractivity contribution in [3.05, 3.63) is 96.1 Å². The number of carbonyl (C=O) groups excluding carboxylic acids is 1. The smallest absolute Gasteiger partial charge is 0.206 e. The Morgan fingerprint density at radius 3 is 2.12 bits per heavy atom. The summed E-state index contributed by atoms with van der Waals surface area (Å²) >= 11 is 0. The lowest BCUT2D eigenvalue weighted by Crippen LogP contribution is -2.51. The Kier molecular flexibility index (Phi) is 4.19. The summed E-state index contributed by atoms with van der Waals surface area (Å²) in [7, 11) is 0. The van der Waals surface area contributed by atoms with Gasteiger partial charge in [-0.05, 0) is 17.7 Å². The summed E-state index contributed by atoms with van der Waals surface area (Å²) in [4.78, 5) is 13.2. The molecule has 2 atom stereocenters.